The summed E-state index contributed by atoms with van der Waals surface area (Å²) in [5.41, 5.74) is 1.43. The molecule has 1 aliphatic rings. The van der Waals surface area contributed by atoms with Gasteiger partial charge in [-0.2, -0.15) is 0 Å². The van der Waals surface area contributed by atoms with Crippen LogP contribution in [-0.4, -0.2) is 30.4 Å². The van der Waals surface area contributed by atoms with Gasteiger partial charge in [-0.15, -0.1) is 0 Å². The SMILES string of the molecule is COc1ccc(CN2CC(C(=O)Nc3cc(Cl)ccc3Cl)CC2=O)cc1. The fourth-order valence-corrected chi connectivity index (χ4v) is 3.22. The predicted octanol–water partition coefficient (Wildman–Crippen LogP) is 3.99. The van der Waals surface area contributed by atoms with Gasteiger partial charge < -0.3 is 15.0 Å². The van der Waals surface area contributed by atoms with E-state index in [0.717, 1.165) is 11.3 Å². The van der Waals surface area contributed by atoms with Crippen molar-refractivity contribution in [3.05, 3.63) is 58.1 Å². The first-order valence-corrected chi connectivity index (χ1v) is 8.88. The van der Waals surface area contributed by atoms with Crippen LogP contribution in [-0.2, 0) is 16.1 Å². The van der Waals surface area contributed by atoms with Gasteiger partial charge in [0.1, 0.15) is 5.75 Å². The summed E-state index contributed by atoms with van der Waals surface area (Å²) in [4.78, 5) is 26.4. The Morgan fingerprint density at radius 3 is 2.65 bits per heavy atom. The van der Waals surface area contributed by atoms with Crippen LogP contribution in [0.25, 0.3) is 0 Å². The van der Waals surface area contributed by atoms with Crippen molar-refractivity contribution in [2.75, 3.05) is 19.0 Å². The predicted molar refractivity (Wildman–Crippen MR) is 102 cm³/mol. The Morgan fingerprint density at radius 1 is 1.23 bits per heavy atom. The van der Waals surface area contributed by atoms with Crippen LogP contribution in [0.5, 0.6) is 5.75 Å². The van der Waals surface area contributed by atoms with Gasteiger partial charge in [-0.3, -0.25) is 9.59 Å². The van der Waals surface area contributed by atoms with E-state index in [1.807, 2.05) is 24.3 Å². The van der Waals surface area contributed by atoms with Crippen LogP contribution in [0.2, 0.25) is 10.0 Å². The third-order valence-electron chi connectivity index (χ3n) is 4.30. The molecule has 5 nitrogen and oxygen atoms in total. The summed E-state index contributed by atoms with van der Waals surface area (Å²) in [5.74, 6) is 0.0610. The lowest BCUT2D eigenvalue weighted by Crippen LogP contribution is -2.28. The smallest absolute Gasteiger partial charge is 0.229 e. The number of benzene rings is 2. The molecule has 136 valence electrons. The number of carbonyl (C=O) groups is 2. The van der Waals surface area contributed by atoms with Gasteiger partial charge in [0, 0.05) is 24.5 Å². The molecular formula is C19H18Cl2N2O3. The molecule has 7 heteroatoms. The van der Waals surface area contributed by atoms with E-state index in [9.17, 15) is 9.59 Å². The molecule has 1 aliphatic heterocycles. The van der Waals surface area contributed by atoms with Crippen molar-refractivity contribution in [2.24, 2.45) is 5.92 Å². The number of anilines is 1. The Morgan fingerprint density at radius 2 is 1.96 bits per heavy atom. The molecular weight excluding hydrogens is 375 g/mol. The molecule has 0 saturated carbocycles. The average Bonchev–Trinajstić information content (AvgIpc) is 2.99. The second-order valence-electron chi connectivity index (χ2n) is 6.14. The van der Waals surface area contributed by atoms with Gasteiger partial charge in [0.05, 0.1) is 23.7 Å². The third kappa shape index (κ3) is 4.29. The van der Waals surface area contributed by atoms with Gasteiger partial charge in [-0.05, 0) is 35.9 Å². The molecule has 0 radical (unpaired) electrons. The Kier molecular flexibility index (Phi) is 5.69. The van der Waals surface area contributed by atoms with Crippen LogP contribution in [0.3, 0.4) is 0 Å². The molecule has 2 aromatic rings. The summed E-state index contributed by atoms with van der Waals surface area (Å²) in [6.45, 7) is 0.833. The zero-order valence-electron chi connectivity index (χ0n) is 14.2. The number of rotatable bonds is 5. The van der Waals surface area contributed by atoms with E-state index in [0.29, 0.717) is 28.8 Å². The summed E-state index contributed by atoms with van der Waals surface area (Å²) in [5, 5.41) is 3.65. The van der Waals surface area contributed by atoms with Gasteiger partial charge >= 0.3 is 0 Å². The molecule has 1 unspecified atom stereocenters. The van der Waals surface area contributed by atoms with E-state index < -0.39 is 5.92 Å². The largest absolute Gasteiger partial charge is 0.497 e. The van der Waals surface area contributed by atoms with Crippen molar-refractivity contribution in [2.45, 2.75) is 13.0 Å². The summed E-state index contributed by atoms with van der Waals surface area (Å²) in [7, 11) is 1.61. The number of nitrogens with one attached hydrogen (secondary N) is 1. The van der Waals surface area contributed by atoms with E-state index in [2.05, 4.69) is 5.32 Å². The molecule has 26 heavy (non-hydrogen) atoms. The summed E-state index contributed by atoms with van der Waals surface area (Å²) >= 11 is 12.0. The maximum Gasteiger partial charge on any atom is 0.229 e. The monoisotopic (exact) mass is 392 g/mol. The van der Waals surface area contributed by atoms with E-state index in [4.69, 9.17) is 27.9 Å². The van der Waals surface area contributed by atoms with Gasteiger partial charge in [0.15, 0.2) is 0 Å². The number of hydrogen-bond acceptors (Lipinski definition) is 3. The van der Waals surface area contributed by atoms with Gasteiger partial charge in [-0.25, -0.2) is 0 Å². The van der Waals surface area contributed by atoms with Crippen molar-refractivity contribution in [1.82, 2.24) is 4.90 Å². The van der Waals surface area contributed by atoms with Crippen LogP contribution in [0.15, 0.2) is 42.5 Å². The van der Waals surface area contributed by atoms with Gasteiger partial charge in [0.25, 0.3) is 0 Å². The number of likely N-dealkylation sites (tertiary alicyclic amines) is 1. The van der Waals surface area contributed by atoms with E-state index in [-0.39, 0.29) is 18.2 Å². The molecule has 1 N–H and O–H groups in total. The molecule has 0 spiro atoms. The first kappa shape index (κ1) is 18.5. The first-order valence-electron chi connectivity index (χ1n) is 8.13. The number of carbonyl (C=O) groups excluding carboxylic acids is 2. The van der Waals surface area contributed by atoms with Gasteiger partial charge in [-0.1, -0.05) is 35.3 Å². The third-order valence-corrected chi connectivity index (χ3v) is 4.87. The quantitative estimate of drug-likeness (QED) is 0.836. The van der Waals surface area contributed by atoms with E-state index in [1.54, 1.807) is 30.2 Å². The van der Waals surface area contributed by atoms with E-state index in [1.165, 1.54) is 0 Å². The molecule has 1 atom stereocenters. The second-order valence-corrected chi connectivity index (χ2v) is 6.98. The number of amides is 2. The van der Waals surface area contributed by atoms with Crippen molar-refractivity contribution < 1.29 is 14.3 Å². The molecule has 2 amide bonds. The lowest BCUT2D eigenvalue weighted by atomic mass is 10.1. The molecule has 0 aliphatic carbocycles. The topological polar surface area (TPSA) is 58.6 Å². The van der Waals surface area contributed by atoms with Crippen molar-refractivity contribution >= 4 is 40.7 Å². The van der Waals surface area contributed by atoms with Crippen molar-refractivity contribution in [3.8, 4) is 5.75 Å². The number of halogens is 2. The molecule has 1 heterocycles. The Balaban J connectivity index is 1.63. The second kappa shape index (κ2) is 7.98. The van der Waals surface area contributed by atoms with Crippen molar-refractivity contribution in [3.63, 3.8) is 0 Å². The zero-order chi connectivity index (χ0) is 18.7. The molecule has 1 fully saturated rings. The summed E-state index contributed by atoms with van der Waals surface area (Å²) in [6, 6.07) is 12.4. The number of ether oxygens (including phenoxy) is 1. The summed E-state index contributed by atoms with van der Waals surface area (Å²) in [6.07, 6.45) is 0.181. The van der Waals surface area contributed by atoms with Crippen LogP contribution in [0.4, 0.5) is 5.69 Å². The first-order chi connectivity index (χ1) is 12.5. The highest BCUT2D eigenvalue weighted by Gasteiger charge is 2.34. The molecule has 0 bridgehead atoms. The van der Waals surface area contributed by atoms with Crippen molar-refractivity contribution in [1.29, 1.82) is 0 Å². The van der Waals surface area contributed by atoms with Crippen LogP contribution in [0, 0.1) is 5.92 Å². The maximum atomic E-state index is 12.5. The van der Waals surface area contributed by atoms with Gasteiger partial charge in [0.2, 0.25) is 11.8 Å². The maximum absolute atomic E-state index is 12.5. The van der Waals surface area contributed by atoms with Crippen LogP contribution >= 0.6 is 23.2 Å². The molecule has 1 saturated heterocycles. The highest BCUT2D eigenvalue weighted by Crippen LogP contribution is 2.28. The van der Waals surface area contributed by atoms with Crippen LogP contribution in [0.1, 0.15) is 12.0 Å². The Hall–Kier alpha value is -2.24. The minimum Gasteiger partial charge on any atom is -0.497 e. The lowest BCUT2D eigenvalue weighted by Gasteiger charge is -2.17. The summed E-state index contributed by atoms with van der Waals surface area (Å²) < 4.78 is 5.13. The number of hydrogen-bond donors (Lipinski definition) is 1. The lowest BCUT2D eigenvalue weighted by molar-refractivity contribution is -0.128. The highest BCUT2D eigenvalue weighted by atomic mass is 35.5. The van der Waals surface area contributed by atoms with Crippen LogP contribution < -0.4 is 10.1 Å². The Labute approximate surface area is 161 Å². The Bertz CT molecular complexity index is 824. The highest BCUT2D eigenvalue weighted by molar-refractivity contribution is 6.35. The number of methoxy groups -OCH3 is 1. The minimum atomic E-state index is -0.421. The standard InChI is InChI=1S/C19H18Cl2N2O3/c1-26-15-5-2-12(3-6-15)10-23-11-13(8-18(23)24)19(25)22-17-9-14(20)4-7-16(17)21/h2-7,9,13H,8,10-11H2,1H3,(H,22,25). The molecule has 0 aromatic heterocycles. The minimum absolute atomic E-state index is 0.0434. The normalized spacial score (nSPS) is 16.7. The fourth-order valence-electron chi connectivity index (χ4n) is 2.88. The number of nitrogens with zero attached hydrogens (tertiary/aromatic N) is 1. The average molecular weight is 393 g/mol. The zero-order valence-corrected chi connectivity index (χ0v) is 15.7. The van der Waals surface area contributed by atoms with E-state index >= 15 is 0 Å². The molecule has 2 aromatic carbocycles. The molecule has 3 rings (SSSR count). The fraction of sp³-hybridized carbons (Fsp3) is 0.263.